The summed E-state index contributed by atoms with van der Waals surface area (Å²) in [5.41, 5.74) is 1.20. The maximum atomic E-state index is 13.9. The molecule has 0 atom stereocenters. The van der Waals surface area contributed by atoms with Crippen LogP contribution in [0.5, 0.6) is 0 Å². The Kier molecular flexibility index (Phi) is 6.88. The van der Waals surface area contributed by atoms with Crippen LogP contribution in [0.3, 0.4) is 0 Å². The number of carbonyl (C=O) groups excluding carboxylic acids is 3. The lowest BCUT2D eigenvalue weighted by molar-refractivity contribution is -0.122. The van der Waals surface area contributed by atoms with Crippen LogP contribution in [-0.2, 0) is 10.3 Å². The normalized spacial score (nSPS) is 15.8. The summed E-state index contributed by atoms with van der Waals surface area (Å²) in [4.78, 5) is 38.6. The van der Waals surface area contributed by atoms with Crippen molar-refractivity contribution in [2.75, 3.05) is 13.1 Å². The maximum absolute atomic E-state index is 13.9. The molecule has 3 amide bonds. The number of benzene rings is 1. The molecule has 170 valence electrons. The number of hydrogen-bond donors (Lipinski definition) is 1. The van der Waals surface area contributed by atoms with Crippen molar-refractivity contribution in [1.29, 1.82) is 0 Å². The third-order valence-electron chi connectivity index (χ3n) is 4.88. The molecule has 2 aromatic rings. The molecule has 7 nitrogen and oxygen atoms in total. The summed E-state index contributed by atoms with van der Waals surface area (Å²) < 4.78 is 15.7. The fraction of sp³-hybridized carbons (Fsp3) is 0.391. The van der Waals surface area contributed by atoms with Gasteiger partial charge in [-0.3, -0.25) is 24.0 Å². The molecule has 3 rings (SSSR count). The van der Waals surface area contributed by atoms with Gasteiger partial charge in [-0.2, -0.15) is 5.10 Å². The Bertz CT molecular complexity index is 1090. The van der Waals surface area contributed by atoms with Crippen LogP contribution in [0.4, 0.5) is 9.18 Å². The number of nitrogens with zero attached hydrogens (tertiary/aromatic N) is 3. The highest BCUT2D eigenvalue weighted by Gasteiger charge is 2.35. The van der Waals surface area contributed by atoms with E-state index in [1.165, 1.54) is 18.2 Å². The SMILES string of the molecule is CC(C)c1cc(C(=O)NCCN2C(=O)S/C(=C\c3ccccc3F)C2=O)nn1C(C)(C)C. The van der Waals surface area contributed by atoms with Gasteiger partial charge in [0.2, 0.25) is 0 Å². The molecule has 1 fully saturated rings. The van der Waals surface area contributed by atoms with E-state index in [4.69, 9.17) is 0 Å². The minimum Gasteiger partial charge on any atom is -0.349 e. The summed E-state index contributed by atoms with van der Waals surface area (Å²) in [6, 6.07) is 7.79. The quantitative estimate of drug-likeness (QED) is 0.650. The lowest BCUT2D eigenvalue weighted by Gasteiger charge is -2.23. The molecule has 0 saturated carbocycles. The highest BCUT2D eigenvalue weighted by molar-refractivity contribution is 8.18. The van der Waals surface area contributed by atoms with E-state index in [1.807, 2.05) is 39.3 Å². The van der Waals surface area contributed by atoms with Gasteiger partial charge >= 0.3 is 0 Å². The lowest BCUT2D eigenvalue weighted by Crippen LogP contribution is -2.37. The van der Waals surface area contributed by atoms with E-state index in [0.717, 1.165) is 22.4 Å². The first kappa shape index (κ1) is 23.7. The Morgan fingerprint density at radius 3 is 2.53 bits per heavy atom. The second-order valence-electron chi connectivity index (χ2n) is 8.80. The van der Waals surface area contributed by atoms with E-state index in [0.29, 0.717) is 0 Å². The Hall–Kier alpha value is -2.94. The number of imide groups is 1. The van der Waals surface area contributed by atoms with Gasteiger partial charge in [-0.15, -0.1) is 0 Å². The van der Waals surface area contributed by atoms with E-state index in [9.17, 15) is 18.8 Å². The first-order valence-corrected chi connectivity index (χ1v) is 11.2. The highest BCUT2D eigenvalue weighted by Crippen LogP contribution is 2.32. The van der Waals surface area contributed by atoms with Crippen LogP contribution in [0.1, 0.15) is 62.3 Å². The lowest BCUT2D eigenvalue weighted by atomic mass is 10.1. The molecular formula is C23H27FN4O3S. The monoisotopic (exact) mass is 458 g/mol. The van der Waals surface area contributed by atoms with E-state index >= 15 is 0 Å². The average molecular weight is 459 g/mol. The second kappa shape index (κ2) is 9.28. The zero-order valence-electron chi connectivity index (χ0n) is 18.8. The van der Waals surface area contributed by atoms with Crippen molar-refractivity contribution in [3.8, 4) is 0 Å². The minimum atomic E-state index is -0.503. The number of hydrogen-bond acceptors (Lipinski definition) is 5. The number of thioether (sulfide) groups is 1. The van der Waals surface area contributed by atoms with Crippen molar-refractivity contribution in [1.82, 2.24) is 20.0 Å². The molecule has 0 radical (unpaired) electrons. The summed E-state index contributed by atoms with van der Waals surface area (Å²) in [6.45, 7) is 10.2. The molecule has 0 unspecified atom stereocenters. The molecular weight excluding hydrogens is 431 g/mol. The molecule has 1 aliphatic rings. The predicted octanol–water partition coefficient (Wildman–Crippen LogP) is 4.37. The number of carbonyl (C=O) groups is 3. The van der Waals surface area contributed by atoms with Gasteiger partial charge in [0.05, 0.1) is 10.4 Å². The van der Waals surface area contributed by atoms with Crippen molar-refractivity contribution in [2.24, 2.45) is 0 Å². The van der Waals surface area contributed by atoms with Gasteiger partial charge in [0.1, 0.15) is 11.5 Å². The van der Waals surface area contributed by atoms with Crippen LogP contribution in [0.15, 0.2) is 35.2 Å². The fourth-order valence-corrected chi connectivity index (χ4v) is 4.11. The van der Waals surface area contributed by atoms with Gasteiger partial charge in [-0.25, -0.2) is 4.39 Å². The van der Waals surface area contributed by atoms with Gasteiger partial charge in [-0.1, -0.05) is 32.0 Å². The van der Waals surface area contributed by atoms with Gasteiger partial charge in [0, 0.05) is 24.3 Å². The Labute approximate surface area is 191 Å². The summed E-state index contributed by atoms with van der Waals surface area (Å²) in [6.07, 6.45) is 1.37. The molecule has 0 bridgehead atoms. The molecule has 1 aromatic carbocycles. The molecule has 1 aliphatic heterocycles. The zero-order chi connectivity index (χ0) is 23.6. The first-order chi connectivity index (χ1) is 15.0. The summed E-state index contributed by atoms with van der Waals surface area (Å²) in [5.74, 6) is -1.15. The van der Waals surface area contributed by atoms with Gasteiger partial charge in [0.15, 0.2) is 0 Å². The molecule has 1 saturated heterocycles. The molecule has 1 aromatic heterocycles. The second-order valence-corrected chi connectivity index (χ2v) is 9.80. The molecule has 0 aliphatic carbocycles. The Balaban J connectivity index is 1.64. The zero-order valence-corrected chi connectivity index (χ0v) is 19.6. The van der Waals surface area contributed by atoms with Gasteiger partial charge in [-0.05, 0) is 56.7 Å². The predicted molar refractivity (Wildman–Crippen MR) is 123 cm³/mol. The van der Waals surface area contributed by atoms with Crippen molar-refractivity contribution >= 4 is 34.9 Å². The van der Waals surface area contributed by atoms with Crippen LogP contribution in [0, 0.1) is 5.82 Å². The Morgan fingerprint density at radius 2 is 1.94 bits per heavy atom. The number of aromatic nitrogens is 2. The highest BCUT2D eigenvalue weighted by atomic mass is 32.2. The molecule has 9 heteroatoms. The summed E-state index contributed by atoms with van der Waals surface area (Å²) >= 11 is 0.755. The van der Waals surface area contributed by atoms with Gasteiger partial charge < -0.3 is 5.32 Å². The summed E-state index contributed by atoms with van der Waals surface area (Å²) in [5, 5.41) is 6.73. The molecule has 0 spiro atoms. The largest absolute Gasteiger partial charge is 0.349 e. The number of rotatable bonds is 6. The maximum Gasteiger partial charge on any atom is 0.293 e. The van der Waals surface area contributed by atoms with E-state index in [1.54, 1.807) is 18.2 Å². The van der Waals surface area contributed by atoms with Crippen molar-refractivity contribution in [3.05, 3.63) is 58.0 Å². The minimum absolute atomic E-state index is 0.0159. The molecule has 32 heavy (non-hydrogen) atoms. The topological polar surface area (TPSA) is 84.3 Å². The van der Waals surface area contributed by atoms with Crippen molar-refractivity contribution in [3.63, 3.8) is 0 Å². The summed E-state index contributed by atoms with van der Waals surface area (Å²) in [7, 11) is 0. The number of amides is 3. The van der Waals surface area contributed by atoms with Crippen LogP contribution < -0.4 is 5.32 Å². The third kappa shape index (κ3) is 5.09. The van der Waals surface area contributed by atoms with Gasteiger partial charge in [0.25, 0.3) is 17.1 Å². The fourth-order valence-electron chi connectivity index (χ4n) is 3.25. The smallest absolute Gasteiger partial charge is 0.293 e. The van der Waals surface area contributed by atoms with Crippen LogP contribution in [0.2, 0.25) is 0 Å². The van der Waals surface area contributed by atoms with Crippen LogP contribution in [0.25, 0.3) is 6.08 Å². The molecule has 2 heterocycles. The third-order valence-corrected chi connectivity index (χ3v) is 5.79. The van der Waals surface area contributed by atoms with E-state index in [-0.39, 0.29) is 46.6 Å². The van der Waals surface area contributed by atoms with Crippen LogP contribution >= 0.6 is 11.8 Å². The Morgan fingerprint density at radius 1 is 1.25 bits per heavy atom. The van der Waals surface area contributed by atoms with Crippen molar-refractivity contribution < 1.29 is 18.8 Å². The van der Waals surface area contributed by atoms with Crippen LogP contribution in [-0.4, -0.2) is 44.8 Å². The first-order valence-electron chi connectivity index (χ1n) is 10.4. The van der Waals surface area contributed by atoms with Crippen molar-refractivity contribution in [2.45, 2.75) is 46.1 Å². The standard InChI is InChI=1S/C23H27FN4O3S/c1-14(2)18-13-17(26-28(18)23(3,4)5)20(29)25-10-11-27-21(30)19(32-22(27)31)12-15-8-6-7-9-16(15)24/h6-9,12-14H,10-11H2,1-5H3,(H,25,29)/b19-12-. The van der Waals surface area contributed by atoms with E-state index < -0.39 is 17.0 Å². The average Bonchev–Trinajstić information content (AvgIpc) is 3.27. The van der Waals surface area contributed by atoms with E-state index in [2.05, 4.69) is 10.4 Å². The molecule has 1 N–H and O–H groups in total. The number of halogens is 1. The number of nitrogens with one attached hydrogen (secondary N) is 1.